The Kier molecular flexibility index (Phi) is 3.63. The van der Waals surface area contributed by atoms with Crippen LogP contribution in [0.2, 0.25) is 0 Å². The first-order chi connectivity index (χ1) is 13.2. The number of pyridine rings is 2. The van der Waals surface area contributed by atoms with E-state index < -0.39 is 5.95 Å². The summed E-state index contributed by atoms with van der Waals surface area (Å²) in [6.45, 7) is 2.30. The lowest BCUT2D eigenvalue weighted by molar-refractivity contribution is 0.0995. The topological polar surface area (TPSA) is 67.2 Å². The van der Waals surface area contributed by atoms with Gasteiger partial charge >= 0.3 is 0 Å². The molecule has 2 aliphatic rings. The van der Waals surface area contributed by atoms with Gasteiger partial charge in [0.05, 0.1) is 35.4 Å². The predicted octanol–water partition coefficient (Wildman–Crippen LogP) is 2.56. The Morgan fingerprint density at radius 2 is 1.93 bits per heavy atom. The Balaban J connectivity index is 1.40. The van der Waals surface area contributed by atoms with Crippen molar-refractivity contribution in [1.29, 1.82) is 0 Å². The molecule has 3 aromatic heterocycles. The average Bonchev–Trinajstić information content (AvgIpc) is 3.41. The molecule has 8 heteroatoms. The van der Waals surface area contributed by atoms with Crippen molar-refractivity contribution in [2.45, 2.75) is 19.4 Å². The lowest BCUT2D eigenvalue weighted by Gasteiger charge is -2.17. The summed E-state index contributed by atoms with van der Waals surface area (Å²) in [6.07, 6.45) is 7.20. The van der Waals surface area contributed by atoms with Crippen LogP contribution in [0.25, 0.3) is 5.69 Å². The van der Waals surface area contributed by atoms with E-state index in [0.29, 0.717) is 11.3 Å². The van der Waals surface area contributed by atoms with Crippen molar-refractivity contribution in [3.05, 3.63) is 60.1 Å². The van der Waals surface area contributed by atoms with E-state index in [0.717, 1.165) is 24.6 Å². The maximum absolute atomic E-state index is 13.9. The van der Waals surface area contributed by atoms with Crippen LogP contribution in [0.3, 0.4) is 0 Å². The van der Waals surface area contributed by atoms with Crippen LogP contribution in [0.4, 0.5) is 15.9 Å². The third-order valence-corrected chi connectivity index (χ3v) is 5.03. The SMILES string of the molecule is O=C1c2cn(-c3ccc(N4CCCC4)nc3)nc2CN1c1cccnc1F. The summed E-state index contributed by atoms with van der Waals surface area (Å²) in [5, 5.41) is 4.50. The van der Waals surface area contributed by atoms with Crippen LogP contribution in [0, 0.1) is 5.95 Å². The predicted molar refractivity (Wildman–Crippen MR) is 97.5 cm³/mol. The molecule has 3 aromatic rings. The maximum Gasteiger partial charge on any atom is 0.262 e. The van der Waals surface area contributed by atoms with Gasteiger partial charge in [0.15, 0.2) is 0 Å². The molecule has 0 spiro atoms. The fourth-order valence-corrected chi connectivity index (χ4v) is 3.62. The first-order valence-electron chi connectivity index (χ1n) is 8.93. The van der Waals surface area contributed by atoms with Gasteiger partial charge in [-0.2, -0.15) is 9.49 Å². The van der Waals surface area contributed by atoms with Gasteiger partial charge in [-0.3, -0.25) is 9.69 Å². The van der Waals surface area contributed by atoms with Crippen LogP contribution in [0.1, 0.15) is 28.9 Å². The number of hydrogen-bond donors (Lipinski definition) is 0. The lowest BCUT2D eigenvalue weighted by Crippen LogP contribution is -2.25. The number of rotatable bonds is 3. The number of nitrogens with zero attached hydrogens (tertiary/aromatic N) is 6. The van der Waals surface area contributed by atoms with E-state index >= 15 is 0 Å². The van der Waals surface area contributed by atoms with Crippen molar-refractivity contribution < 1.29 is 9.18 Å². The van der Waals surface area contributed by atoms with Crippen molar-refractivity contribution in [2.75, 3.05) is 22.9 Å². The molecule has 2 aliphatic heterocycles. The van der Waals surface area contributed by atoms with E-state index in [1.54, 1.807) is 29.2 Å². The van der Waals surface area contributed by atoms with Crippen molar-refractivity contribution in [2.24, 2.45) is 0 Å². The Morgan fingerprint density at radius 1 is 1.07 bits per heavy atom. The van der Waals surface area contributed by atoms with Crippen molar-refractivity contribution in [1.82, 2.24) is 19.7 Å². The molecule has 0 aromatic carbocycles. The summed E-state index contributed by atoms with van der Waals surface area (Å²) < 4.78 is 15.6. The molecule has 7 nitrogen and oxygen atoms in total. The highest BCUT2D eigenvalue weighted by Crippen LogP contribution is 2.29. The quantitative estimate of drug-likeness (QED) is 0.668. The smallest absolute Gasteiger partial charge is 0.262 e. The molecule has 1 fully saturated rings. The second kappa shape index (κ2) is 6.15. The molecule has 1 saturated heterocycles. The zero-order chi connectivity index (χ0) is 18.4. The number of anilines is 2. The average molecular weight is 364 g/mol. The van der Waals surface area contributed by atoms with Crippen molar-refractivity contribution in [3.63, 3.8) is 0 Å². The molecule has 0 atom stereocenters. The molecule has 0 bridgehead atoms. The minimum absolute atomic E-state index is 0.170. The number of halogens is 1. The fraction of sp³-hybridized carbons (Fsp3) is 0.263. The highest BCUT2D eigenvalue weighted by atomic mass is 19.1. The highest BCUT2D eigenvalue weighted by Gasteiger charge is 2.33. The van der Waals surface area contributed by atoms with Crippen LogP contribution in [-0.2, 0) is 6.54 Å². The summed E-state index contributed by atoms with van der Waals surface area (Å²) in [5.41, 5.74) is 2.05. The minimum atomic E-state index is -0.661. The Hall–Kier alpha value is -3.29. The summed E-state index contributed by atoms with van der Waals surface area (Å²) in [6, 6.07) is 7.08. The number of fused-ring (bicyclic) bond motifs is 1. The van der Waals surface area contributed by atoms with E-state index in [9.17, 15) is 9.18 Å². The van der Waals surface area contributed by atoms with Gasteiger partial charge in [-0.05, 0) is 37.1 Å². The monoisotopic (exact) mass is 364 g/mol. The normalized spacial score (nSPS) is 16.3. The first-order valence-corrected chi connectivity index (χ1v) is 8.93. The summed E-state index contributed by atoms with van der Waals surface area (Å²) in [5.74, 6) is 0.0284. The highest BCUT2D eigenvalue weighted by molar-refractivity contribution is 6.09. The maximum atomic E-state index is 13.9. The van der Waals surface area contributed by atoms with E-state index in [2.05, 4.69) is 20.0 Å². The van der Waals surface area contributed by atoms with E-state index in [1.165, 1.54) is 23.9 Å². The van der Waals surface area contributed by atoms with Crippen molar-refractivity contribution in [3.8, 4) is 5.69 Å². The van der Waals surface area contributed by atoms with Gasteiger partial charge in [-0.1, -0.05) is 0 Å². The largest absolute Gasteiger partial charge is 0.357 e. The molecule has 5 rings (SSSR count). The zero-order valence-electron chi connectivity index (χ0n) is 14.5. The van der Waals surface area contributed by atoms with E-state index in [-0.39, 0.29) is 18.1 Å². The van der Waals surface area contributed by atoms with Gasteiger partial charge < -0.3 is 4.90 Å². The van der Waals surface area contributed by atoms with Gasteiger partial charge in [-0.15, -0.1) is 0 Å². The molecule has 5 heterocycles. The zero-order valence-corrected chi connectivity index (χ0v) is 14.5. The summed E-state index contributed by atoms with van der Waals surface area (Å²) >= 11 is 0. The molecule has 0 unspecified atom stereocenters. The Morgan fingerprint density at radius 3 is 2.63 bits per heavy atom. The van der Waals surface area contributed by atoms with E-state index in [4.69, 9.17) is 0 Å². The van der Waals surface area contributed by atoms with Gasteiger partial charge in [0, 0.05) is 25.5 Å². The Bertz CT molecular complexity index is 1010. The van der Waals surface area contributed by atoms with Gasteiger partial charge in [0.1, 0.15) is 5.82 Å². The molecule has 0 saturated carbocycles. The second-order valence-electron chi connectivity index (χ2n) is 6.71. The number of aromatic nitrogens is 4. The van der Waals surface area contributed by atoms with Gasteiger partial charge in [-0.25, -0.2) is 14.6 Å². The number of hydrogen-bond acceptors (Lipinski definition) is 5. The minimum Gasteiger partial charge on any atom is -0.357 e. The molecule has 136 valence electrons. The van der Waals surface area contributed by atoms with Crippen molar-refractivity contribution >= 4 is 17.4 Å². The van der Waals surface area contributed by atoms with Crippen LogP contribution < -0.4 is 9.80 Å². The summed E-state index contributed by atoms with van der Waals surface area (Å²) in [7, 11) is 0. The summed E-state index contributed by atoms with van der Waals surface area (Å²) in [4.78, 5) is 24.4. The molecule has 0 aliphatic carbocycles. The van der Waals surface area contributed by atoms with Gasteiger partial charge in [0.25, 0.3) is 5.91 Å². The van der Waals surface area contributed by atoms with Crippen LogP contribution >= 0.6 is 0 Å². The lowest BCUT2D eigenvalue weighted by atomic mass is 10.3. The standard InChI is InChI=1S/C19H17FN6O/c20-18-16(4-3-7-21-18)25-12-15-14(19(25)27)11-26(23-15)13-5-6-17(22-10-13)24-8-1-2-9-24/h3-7,10-11H,1-2,8-9,12H2. The number of carbonyl (C=O) groups excluding carboxylic acids is 1. The molecule has 27 heavy (non-hydrogen) atoms. The van der Waals surface area contributed by atoms with Gasteiger partial charge in [0.2, 0.25) is 5.95 Å². The first kappa shape index (κ1) is 15.9. The molecular weight excluding hydrogens is 347 g/mol. The van der Waals surface area contributed by atoms with Crippen LogP contribution in [0.5, 0.6) is 0 Å². The molecule has 0 radical (unpaired) electrons. The molecule has 1 amide bonds. The molecule has 0 N–H and O–H groups in total. The number of carbonyl (C=O) groups is 1. The van der Waals surface area contributed by atoms with Crippen LogP contribution in [-0.4, -0.2) is 38.7 Å². The van der Waals surface area contributed by atoms with E-state index in [1.807, 2.05) is 12.1 Å². The van der Waals surface area contributed by atoms with Crippen LogP contribution in [0.15, 0.2) is 42.9 Å². The fourth-order valence-electron chi connectivity index (χ4n) is 3.62. The third kappa shape index (κ3) is 2.64. The number of amides is 1. The Labute approximate surface area is 155 Å². The third-order valence-electron chi connectivity index (χ3n) is 5.03. The second-order valence-corrected chi connectivity index (χ2v) is 6.71. The molecular formula is C19H17FN6O.